The Bertz CT molecular complexity index is 672. The Labute approximate surface area is 134 Å². The van der Waals surface area contributed by atoms with Crippen molar-refractivity contribution in [1.82, 2.24) is 15.8 Å². The highest BCUT2D eigenvalue weighted by Crippen LogP contribution is 2.14. The van der Waals surface area contributed by atoms with Gasteiger partial charge in [0.2, 0.25) is 0 Å². The summed E-state index contributed by atoms with van der Waals surface area (Å²) in [7, 11) is 0. The van der Waals surface area contributed by atoms with Crippen molar-refractivity contribution < 1.29 is 14.3 Å². The van der Waals surface area contributed by atoms with Crippen molar-refractivity contribution in [2.24, 2.45) is 5.92 Å². The first-order chi connectivity index (χ1) is 11.1. The smallest absolute Gasteiger partial charge is 0.269 e. The largest absolute Gasteiger partial charge is 0.493 e. The summed E-state index contributed by atoms with van der Waals surface area (Å²) in [6.07, 6.45) is 3.01. The van der Waals surface area contributed by atoms with Crippen LogP contribution in [0.25, 0.3) is 0 Å². The molecule has 2 amide bonds. The minimum atomic E-state index is -0.414. The average molecular weight is 313 g/mol. The number of nitrogens with one attached hydrogen (secondary N) is 2. The second-order valence-corrected chi connectivity index (χ2v) is 5.38. The summed E-state index contributed by atoms with van der Waals surface area (Å²) in [5, 5.41) is 0. The van der Waals surface area contributed by atoms with E-state index in [1.807, 2.05) is 13.8 Å². The fraction of sp³-hybridized carbons (Fsp3) is 0.235. The highest BCUT2D eigenvalue weighted by Gasteiger charge is 2.10. The molecule has 1 heterocycles. The zero-order valence-electron chi connectivity index (χ0n) is 13.1. The van der Waals surface area contributed by atoms with Gasteiger partial charge in [-0.05, 0) is 36.2 Å². The van der Waals surface area contributed by atoms with Gasteiger partial charge in [0.25, 0.3) is 11.8 Å². The molecule has 2 rings (SSSR count). The Hall–Kier alpha value is -2.89. The molecule has 23 heavy (non-hydrogen) atoms. The highest BCUT2D eigenvalue weighted by atomic mass is 16.5. The third-order valence-electron chi connectivity index (χ3n) is 2.91. The zero-order chi connectivity index (χ0) is 16.7. The maximum absolute atomic E-state index is 12.1. The van der Waals surface area contributed by atoms with Gasteiger partial charge in [0.05, 0.1) is 6.61 Å². The zero-order valence-corrected chi connectivity index (χ0v) is 13.1. The fourth-order valence-electron chi connectivity index (χ4n) is 1.75. The van der Waals surface area contributed by atoms with Gasteiger partial charge in [-0.25, -0.2) is 0 Å². The Balaban J connectivity index is 1.93. The van der Waals surface area contributed by atoms with Crippen LogP contribution in [0.2, 0.25) is 0 Å². The standard InChI is InChI=1S/C17H19N3O3/c1-12(2)11-23-15-5-3-4-14(10-15)17(22)20-19-16(21)13-6-8-18-9-7-13/h3-10,12H,11H2,1-2H3,(H,19,21)(H,20,22). The third kappa shape index (κ3) is 5.10. The lowest BCUT2D eigenvalue weighted by atomic mass is 10.2. The lowest BCUT2D eigenvalue weighted by Gasteiger charge is -2.10. The summed E-state index contributed by atoms with van der Waals surface area (Å²) in [5.74, 6) is 0.189. The molecule has 0 atom stereocenters. The van der Waals surface area contributed by atoms with Gasteiger partial charge >= 0.3 is 0 Å². The molecule has 1 aromatic carbocycles. The van der Waals surface area contributed by atoms with Gasteiger partial charge in [-0.15, -0.1) is 0 Å². The maximum Gasteiger partial charge on any atom is 0.269 e. The molecule has 2 aromatic rings. The number of carbonyl (C=O) groups excluding carboxylic acids is 2. The Kier molecular flexibility index (Phi) is 5.68. The first-order valence-electron chi connectivity index (χ1n) is 7.30. The van der Waals surface area contributed by atoms with Crippen molar-refractivity contribution in [2.75, 3.05) is 6.61 Å². The van der Waals surface area contributed by atoms with Crippen molar-refractivity contribution in [2.45, 2.75) is 13.8 Å². The molecular formula is C17H19N3O3. The summed E-state index contributed by atoms with van der Waals surface area (Å²) >= 11 is 0. The van der Waals surface area contributed by atoms with Gasteiger partial charge in [0.1, 0.15) is 5.75 Å². The lowest BCUT2D eigenvalue weighted by Crippen LogP contribution is -2.41. The highest BCUT2D eigenvalue weighted by molar-refractivity contribution is 5.99. The topological polar surface area (TPSA) is 80.3 Å². The van der Waals surface area contributed by atoms with Gasteiger partial charge in [-0.3, -0.25) is 25.4 Å². The van der Waals surface area contributed by atoms with Gasteiger partial charge < -0.3 is 4.74 Å². The molecule has 0 fully saturated rings. The number of aromatic nitrogens is 1. The minimum Gasteiger partial charge on any atom is -0.493 e. The molecule has 6 nitrogen and oxygen atoms in total. The molecule has 0 aliphatic heterocycles. The maximum atomic E-state index is 12.1. The molecule has 0 saturated carbocycles. The van der Waals surface area contributed by atoms with Crippen molar-refractivity contribution >= 4 is 11.8 Å². The SMILES string of the molecule is CC(C)COc1cccc(C(=O)NNC(=O)c2ccncc2)c1. The number of benzene rings is 1. The second kappa shape index (κ2) is 7.93. The van der Waals surface area contributed by atoms with E-state index in [1.165, 1.54) is 12.4 Å². The number of hydrogen-bond acceptors (Lipinski definition) is 4. The first-order valence-corrected chi connectivity index (χ1v) is 7.30. The Morgan fingerprint density at radius 1 is 1.04 bits per heavy atom. The van der Waals surface area contributed by atoms with Crippen LogP contribution in [0.15, 0.2) is 48.8 Å². The van der Waals surface area contributed by atoms with Crippen LogP contribution in [0.3, 0.4) is 0 Å². The summed E-state index contributed by atoms with van der Waals surface area (Å²) in [5.41, 5.74) is 5.55. The van der Waals surface area contributed by atoms with Crippen molar-refractivity contribution in [1.29, 1.82) is 0 Å². The first kappa shape index (κ1) is 16.5. The van der Waals surface area contributed by atoms with Crippen LogP contribution < -0.4 is 15.6 Å². The average Bonchev–Trinajstić information content (AvgIpc) is 2.58. The second-order valence-electron chi connectivity index (χ2n) is 5.38. The van der Waals surface area contributed by atoms with E-state index in [9.17, 15) is 9.59 Å². The number of hydrogen-bond donors (Lipinski definition) is 2. The van der Waals surface area contributed by atoms with Crippen molar-refractivity contribution in [3.8, 4) is 5.75 Å². The van der Waals surface area contributed by atoms with E-state index in [0.29, 0.717) is 29.4 Å². The predicted octanol–water partition coefficient (Wildman–Crippen LogP) is 2.19. The molecule has 0 bridgehead atoms. The van der Waals surface area contributed by atoms with Crippen LogP contribution >= 0.6 is 0 Å². The minimum absolute atomic E-state index is 0.395. The molecule has 120 valence electrons. The summed E-state index contributed by atoms with van der Waals surface area (Å²) < 4.78 is 5.58. The number of nitrogens with zero attached hydrogens (tertiary/aromatic N) is 1. The van der Waals surface area contributed by atoms with Gasteiger partial charge in [-0.1, -0.05) is 19.9 Å². The van der Waals surface area contributed by atoms with Crippen molar-refractivity contribution in [3.63, 3.8) is 0 Å². The number of amides is 2. The number of carbonyl (C=O) groups is 2. The number of ether oxygens (including phenoxy) is 1. The third-order valence-corrected chi connectivity index (χ3v) is 2.91. The molecule has 0 spiro atoms. The van der Waals surface area contributed by atoms with Crippen LogP contribution in [0.1, 0.15) is 34.6 Å². The predicted molar refractivity (Wildman–Crippen MR) is 85.9 cm³/mol. The molecule has 0 radical (unpaired) electrons. The van der Waals surface area contributed by atoms with Gasteiger partial charge in [0, 0.05) is 23.5 Å². The van der Waals surface area contributed by atoms with Crippen LogP contribution in [0.4, 0.5) is 0 Å². The van der Waals surface area contributed by atoms with E-state index >= 15 is 0 Å². The summed E-state index contributed by atoms with van der Waals surface area (Å²) in [4.78, 5) is 27.8. The van der Waals surface area contributed by atoms with E-state index in [2.05, 4.69) is 15.8 Å². The van der Waals surface area contributed by atoms with Crippen LogP contribution in [0.5, 0.6) is 5.75 Å². The van der Waals surface area contributed by atoms with Crippen LogP contribution in [0, 0.1) is 5.92 Å². The molecule has 1 aromatic heterocycles. The number of pyridine rings is 1. The van der Waals surface area contributed by atoms with E-state index in [0.717, 1.165) is 0 Å². The summed E-state index contributed by atoms with van der Waals surface area (Å²) in [6, 6.07) is 9.92. The van der Waals surface area contributed by atoms with Gasteiger partial charge in [0.15, 0.2) is 0 Å². The van der Waals surface area contributed by atoms with Crippen LogP contribution in [-0.2, 0) is 0 Å². The van der Waals surface area contributed by atoms with Crippen molar-refractivity contribution in [3.05, 3.63) is 59.9 Å². The van der Waals surface area contributed by atoms with E-state index in [1.54, 1.807) is 36.4 Å². The number of rotatable bonds is 5. The van der Waals surface area contributed by atoms with E-state index in [-0.39, 0.29) is 0 Å². The fourth-order valence-corrected chi connectivity index (χ4v) is 1.75. The molecule has 0 aliphatic rings. The molecule has 0 aliphatic carbocycles. The monoisotopic (exact) mass is 313 g/mol. The molecule has 6 heteroatoms. The van der Waals surface area contributed by atoms with Gasteiger partial charge in [-0.2, -0.15) is 0 Å². The molecule has 2 N–H and O–H groups in total. The molecular weight excluding hydrogens is 294 g/mol. The quantitative estimate of drug-likeness (QED) is 0.829. The Morgan fingerprint density at radius 3 is 2.35 bits per heavy atom. The van der Waals surface area contributed by atoms with E-state index in [4.69, 9.17) is 4.74 Å². The molecule has 0 saturated heterocycles. The Morgan fingerprint density at radius 2 is 1.70 bits per heavy atom. The molecule has 0 unspecified atom stereocenters. The van der Waals surface area contributed by atoms with E-state index < -0.39 is 11.8 Å². The number of hydrazine groups is 1. The summed E-state index contributed by atoms with van der Waals surface area (Å²) in [6.45, 7) is 4.67. The lowest BCUT2D eigenvalue weighted by molar-refractivity contribution is 0.0846. The normalized spacial score (nSPS) is 10.2. The van der Waals surface area contributed by atoms with Crippen LogP contribution in [-0.4, -0.2) is 23.4 Å².